The fraction of sp³-hybridized carbons (Fsp3) is 0.286. The highest BCUT2D eigenvalue weighted by Gasteiger charge is 2.36. The van der Waals surface area contributed by atoms with Gasteiger partial charge in [0.25, 0.3) is 0 Å². The van der Waals surface area contributed by atoms with Gasteiger partial charge in [0.05, 0.1) is 27.4 Å². The molecule has 7 rings (SSSR count). The molecule has 7 heteroatoms. The normalized spacial score (nSPS) is 18.1. The van der Waals surface area contributed by atoms with E-state index < -0.39 is 0 Å². The molecule has 174 valence electrons. The van der Waals surface area contributed by atoms with Crippen molar-refractivity contribution in [2.75, 3.05) is 13.1 Å². The standard InChI is InChI=1S/C28H25N5OS/c34-28(21-5-6-21)32-12-10-18(15-32)16-33-25-9-11-29-14-24(25)31-27(33)20-3-1-19(2-4-20)22-7-8-26-23(13-22)30-17-35-26/h1-4,7-9,11,13-14,17-18,21H,5-6,10,12,15-16H2/t18-/m1/s1. The second kappa shape index (κ2) is 8.27. The largest absolute Gasteiger partial charge is 0.342 e. The van der Waals surface area contributed by atoms with Gasteiger partial charge in [-0.1, -0.05) is 30.3 Å². The van der Waals surface area contributed by atoms with Gasteiger partial charge >= 0.3 is 0 Å². The number of benzene rings is 2. The Bertz CT molecular complexity index is 1550. The SMILES string of the molecule is O=C(C1CC1)N1CC[C@@H](Cn2c(-c3ccc(-c4ccc5scnc5c4)cc3)nc3cnccc32)C1. The van der Waals surface area contributed by atoms with Gasteiger partial charge in [-0.25, -0.2) is 9.97 Å². The lowest BCUT2D eigenvalue weighted by molar-refractivity contribution is -0.131. The number of pyridine rings is 1. The van der Waals surface area contributed by atoms with Crippen molar-refractivity contribution in [3.63, 3.8) is 0 Å². The van der Waals surface area contributed by atoms with E-state index in [1.807, 2.05) is 24.0 Å². The van der Waals surface area contributed by atoms with E-state index in [0.717, 1.165) is 72.4 Å². The molecule has 4 heterocycles. The van der Waals surface area contributed by atoms with Crippen molar-refractivity contribution in [2.24, 2.45) is 11.8 Å². The third-order valence-electron chi connectivity index (χ3n) is 7.32. The fourth-order valence-electron chi connectivity index (χ4n) is 5.26. The molecule has 5 aromatic rings. The average Bonchev–Trinajstić information content (AvgIpc) is 3.30. The van der Waals surface area contributed by atoms with Gasteiger partial charge in [-0.15, -0.1) is 11.3 Å². The van der Waals surface area contributed by atoms with Crippen LogP contribution in [0.3, 0.4) is 0 Å². The first-order valence-electron chi connectivity index (χ1n) is 12.3. The van der Waals surface area contributed by atoms with E-state index in [2.05, 4.69) is 61.9 Å². The van der Waals surface area contributed by atoms with Crippen molar-refractivity contribution < 1.29 is 4.79 Å². The number of carbonyl (C=O) groups is 1. The van der Waals surface area contributed by atoms with Gasteiger partial charge in [-0.2, -0.15) is 0 Å². The van der Waals surface area contributed by atoms with E-state index in [1.165, 1.54) is 10.3 Å². The topological polar surface area (TPSA) is 63.9 Å². The highest BCUT2D eigenvalue weighted by molar-refractivity contribution is 7.16. The van der Waals surface area contributed by atoms with Crippen LogP contribution in [-0.4, -0.2) is 43.4 Å². The summed E-state index contributed by atoms with van der Waals surface area (Å²) in [7, 11) is 0. The molecule has 6 nitrogen and oxygen atoms in total. The van der Waals surface area contributed by atoms with Crippen molar-refractivity contribution >= 4 is 38.5 Å². The Morgan fingerprint density at radius 1 is 0.971 bits per heavy atom. The van der Waals surface area contributed by atoms with Crippen LogP contribution >= 0.6 is 11.3 Å². The molecule has 1 aliphatic carbocycles. The van der Waals surface area contributed by atoms with Gasteiger partial charge in [0.1, 0.15) is 11.3 Å². The van der Waals surface area contributed by atoms with Crippen LogP contribution in [0.5, 0.6) is 0 Å². The maximum Gasteiger partial charge on any atom is 0.225 e. The maximum absolute atomic E-state index is 12.6. The summed E-state index contributed by atoms with van der Waals surface area (Å²) >= 11 is 1.66. The number of hydrogen-bond acceptors (Lipinski definition) is 5. The van der Waals surface area contributed by atoms with E-state index >= 15 is 0 Å². The Morgan fingerprint density at radius 3 is 2.66 bits per heavy atom. The molecule has 2 aliphatic rings. The van der Waals surface area contributed by atoms with Crippen LogP contribution in [0.4, 0.5) is 0 Å². The fourth-order valence-corrected chi connectivity index (χ4v) is 5.92. The summed E-state index contributed by atoms with van der Waals surface area (Å²) in [6.45, 7) is 2.58. The lowest BCUT2D eigenvalue weighted by Gasteiger charge is -2.18. The van der Waals surface area contributed by atoms with Crippen molar-refractivity contribution in [3.05, 3.63) is 66.4 Å². The summed E-state index contributed by atoms with van der Waals surface area (Å²) in [6, 6.07) is 17.1. The zero-order valence-electron chi connectivity index (χ0n) is 19.3. The summed E-state index contributed by atoms with van der Waals surface area (Å²) in [6.07, 6.45) is 6.85. The Morgan fingerprint density at radius 2 is 1.80 bits per heavy atom. The number of hydrogen-bond donors (Lipinski definition) is 0. The first-order chi connectivity index (χ1) is 17.2. The van der Waals surface area contributed by atoms with Crippen LogP contribution in [0.2, 0.25) is 0 Å². The molecule has 0 radical (unpaired) electrons. The Hall–Kier alpha value is -3.58. The zero-order chi connectivity index (χ0) is 23.4. The summed E-state index contributed by atoms with van der Waals surface area (Å²) in [5, 5.41) is 0. The van der Waals surface area contributed by atoms with Gasteiger partial charge < -0.3 is 9.47 Å². The van der Waals surface area contributed by atoms with Crippen LogP contribution in [0.15, 0.2) is 66.4 Å². The van der Waals surface area contributed by atoms with E-state index in [-0.39, 0.29) is 0 Å². The number of amides is 1. The van der Waals surface area contributed by atoms with Gasteiger partial charge in [0, 0.05) is 37.3 Å². The quantitative estimate of drug-likeness (QED) is 0.328. The van der Waals surface area contributed by atoms with Crippen molar-refractivity contribution in [3.8, 4) is 22.5 Å². The van der Waals surface area contributed by atoms with Crippen LogP contribution in [-0.2, 0) is 11.3 Å². The molecular formula is C28H25N5OS. The molecule has 2 aromatic carbocycles. The molecule has 1 saturated carbocycles. The van der Waals surface area contributed by atoms with Gasteiger partial charge in [-0.05, 0) is 54.5 Å². The average molecular weight is 480 g/mol. The summed E-state index contributed by atoms with van der Waals surface area (Å²) in [5.74, 6) is 2.05. The Kier molecular flexibility index (Phi) is 4.91. The molecule has 1 saturated heterocycles. The van der Waals surface area contributed by atoms with Crippen LogP contribution in [0.25, 0.3) is 43.8 Å². The smallest absolute Gasteiger partial charge is 0.225 e. The molecule has 0 unspecified atom stereocenters. The molecule has 1 atom stereocenters. The summed E-state index contributed by atoms with van der Waals surface area (Å²) in [4.78, 5) is 28.4. The first kappa shape index (κ1) is 20.8. The number of rotatable bonds is 5. The Labute approximate surface area is 207 Å². The van der Waals surface area contributed by atoms with Crippen molar-refractivity contribution in [2.45, 2.75) is 25.8 Å². The van der Waals surface area contributed by atoms with E-state index in [1.54, 1.807) is 11.3 Å². The number of thiazole rings is 1. The highest BCUT2D eigenvalue weighted by Crippen LogP contribution is 2.34. The predicted molar refractivity (Wildman–Crippen MR) is 139 cm³/mol. The second-order valence-electron chi connectivity index (χ2n) is 9.74. The third kappa shape index (κ3) is 3.80. The molecule has 0 bridgehead atoms. The van der Waals surface area contributed by atoms with Gasteiger partial charge in [0.2, 0.25) is 5.91 Å². The van der Waals surface area contributed by atoms with Gasteiger partial charge in [-0.3, -0.25) is 9.78 Å². The lowest BCUT2D eigenvalue weighted by atomic mass is 10.0. The number of aromatic nitrogens is 4. The highest BCUT2D eigenvalue weighted by atomic mass is 32.1. The lowest BCUT2D eigenvalue weighted by Crippen LogP contribution is -2.30. The number of likely N-dealkylation sites (tertiary alicyclic amines) is 1. The number of nitrogens with zero attached hydrogens (tertiary/aromatic N) is 5. The zero-order valence-corrected chi connectivity index (χ0v) is 20.1. The second-order valence-corrected chi connectivity index (χ2v) is 10.6. The minimum Gasteiger partial charge on any atom is -0.342 e. The van der Waals surface area contributed by atoms with Crippen molar-refractivity contribution in [1.29, 1.82) is 0 Å². The molecule has 1 aliphatic heterocycles. The van der Waals surface area contributed by atoms with E-state index in [9.17, 15) is 4.79 Å². The molecule has 0 N–H and O–H groups in total. The molecule has 2 fully saturated rings. The minimum atomic E-state index is 0.291. The first-order valence-corrected chi connectivity index (χ1v) is 13.1. The summed E-state index contributed by atoms with van der Waals surface area (Å²) < 4.78 is 3.53. The van der Waals surface area contributed by atoms with Gasteiger partial charge in [0.15, 0.2) is 0 Å². The van der Waals surface area contributed by atoms with Crippen molar-refractivity contribution in [1.82, 2.24) is 24.4 Å². The monoisotopic (exact) mass is 479 g/mol. The number of imidazole rings is 1. The number of carbonyl (C=O) groups excluding carboxylic acids is 1. The van der Waals surface area contributed by atoms with Crippen LogP contribution in [0.1, 0.15) is 19.3 Å². The van der Waals surface area contributed by atoms with Crippen LogP contribution in [0, 0.1) is 11.8 Å². The van der Waals surface area contributed by atoms with E-state index in [4.69, 9.17) is 4.98 Å². The third-order valence-corrected chi connectivity index (χ3v) is 8.13. The Balaban J connectivity index is 1.19. The van der Waals surface area contributed by atoms with Crippen LogP contribution < -0.4 is 0 Å². The maximum atomic E-state index is 12.6. The molecule has 35 heavy (non-hydrogen) atoms. The predicted octanol–water partition coefficient (Wildman–Crippen LogP) is 5.63. The molecule has 1 amide bonds. The summed E-state index contributed by atoms with van der Waals surface area (Å²) in [5.41, 5.74) is 8.35. The molecular weight excluding hydrogens is 454 g/mol. The number of fused-ring (bicyclic) bond motifs is 2. The molecule has 3 aromatic heterocycles. The molecule has 0 spiro atoms. The minimum absolute atomic E-state index is 0.291. The van der Waals surface area contributed by atoms with E-state index in [0.29, 0.717) is 17.7 Å².